The van der Waals surface area contributed by atoms with Gasteiger partial charge in [0.2, 0.25) is 0 Å². The molecule has 2 fully saturated rings. The second-order valence-electron chi connectivity index (χ2n) is 6.37. The van der Waals surface area contributed by atoms with Gasteiger partial charge >= 0.3 is 6.36 Å². The molecular formula is C17H25Cl2F3N2O2. The Hall–Kier alpha value is -0.890. The van der Waals surface area contributed by atoms with E-state index in [2.05, 4.69) is 15.0 Å². The highest BCUT2D eigenvalue weighted by atomic mass is 35.5. The summed E-state index contributed by atoms with van der Waals surface area (Å²) in [6.45, 7) is 3.55. The molecule has 4 nitrogen and oxygen atoms in total. The molecule has 0 radical (unpaired) electrons. The third-order valence-electron chi connectivity index (χ3n) is 4.89. The minimum Gasteiger partial charge on any atom is -0.496 e. The molecule has 1 aliphatic carbocycles. The number of hydrogen-bond donors (Lipinski definition) is 1. The third-order valence-corrected chi connectivity index (χ3v) is 4.89. The van der Waals surface area contributed by atoms with Gasteiger partial charge in [-0.05, 0) is 37.0 Å². The zero-order valence-corrected chi connectivity index (χ0v) is 16.2. The zero-order chi connectivity index (χ0) is 17.2. The summed E-state index contributed by atoms with van der Waals surface area (Å²) in [6, 6.07) is 4.46. The minimum atomic E-state index is -4.69. The molecule has 9 heteroatoms. The lowest BCUT2D eigenvalue weighted by Gasteiger charge is -2.43. The second-order valence-corrected chi connectivity index (χ2v) is 6.37. The number of halogens is 5. The lowest BCUT2D eigenvalue weighted by molar-refractivity contribution is -0.274. The molecule has 1 aromatic rings. The van der Waals surface area contributed by atoms with E-state index in [-0.39, 0.29) is 36.6 Å². The quantitative estimate of drug-likeness (QED) is 0.780. The highest BCUT2D eigenvalue weighted by Crippen LogP contribution is 2.45. The molecule has 1 N–H and O–H groups in total. The first kappa shape index (κ1) is 23.1. The Labute approximate surface area is 164 Å². The smallest absolute Gasteiger partial charge is 0.496 e. The van der Waals surface area contributed by atoms with Crippen LogP contribution in [0.25, 0.3) is 0 Å². The summed E-state index contributed by atoms with van der Waals surface area (Å²) >= 11 is 0. The number of rotatable bonds is 5. The normalized spacial score (nSPS) is 19.5. The molecule has 1 saturated heterocycles. The van der Waals surface area contributed by atoms with E-state index in [0.29, 0.717) is 11.7 Å². The van der Waals surface area contributed by atoms with Crippen LogP contribution in [-0.2, 0) is 0 Å². The van der Waals surface area contributed by atoms with Crippen molar-refractivity contribution in [3.8, 4) is 11.5 Å². The van der Waals surface area contributed by atoms with E-state index in [1.807, 2.05) is 0 Å². The molecule has 3 rings (SSSR count). The molecule has 1 saturated carbocycles. The van der Waals surface area contributed by atoms with Crippen molar-refractivity contribution in [2.75, 3.05) is 33.3 Å². The van der Waals surface area contributed by atoms with E-state index in [4.69, 9.17) is 4.74 Å². The Kier molecular flexibility index (Phi) is 8.79. The van der Waals surface area contributed by atoms with Crippen LogP contribution < -0.4 is 14.8 Å². The average Bonchev–Trinajstić information content (AvgIpc) is 2.50. The lowest BCUT2D eigenvalue weighted by atomic mass is 9.76. The number of ether oxygens (including phenoxy) is 2. The molecule has 1 aromatic carbocycles. The summed E-state index contributed by atoms with van der Waals surface area (Å²) in [5, 5.41) is 3.32. The number of hydrogen-bond acceptors (Lipinski definition) is 4. The Morgan fingerprint density at radius 2 is 1.81 bits per heavy atom. The summed E-state index contributed by atoms with van der Waals surface area (Å²) in [5.41, 5.74) is 0.797. The van der Waals surface area contributed by atoms with E-state index in [1.165, 1.54) is 18.6 Å². The maximum Gasteiger partial charge on any atom is 0.573 e. The predicted molar refractivity (Wildman–Crippen MR) is 98.7 cm³/mol. The van der Waals surface area contributed by atoms with Crippen molar-refractivity contribution in [3.63, 3.8) is 0 Å². The maximum absolute atomic E-state index is 12.6. The van der Waals surface area contributed by atoms with E-state index < -0.39 is 6.36 Å². The number of nitrogens with zero attached hydrogens (tertiary/aromatic N) is 1. The van der Waals surface area contributed by atoms with E-state index in [0.717, 1.165) is 44.6 Å². The van der Waals surface area contributed by atoms with Gasteiger partial charge < -0.3 is 14.8 Å². The maximum atomic E-state index is 12.6. The second kappa shape index (κ2) is 9.88. The molecule has 1 heterocycles. The number of nitrogens with one attached hydrogen (secondary N) is 1. The van der Waals surface area contributed by atoms with Crippen LogP contribution in [0, 0.1) is 5.92 Å². The summed E-state index contributed by atoms with van der Waals surface area (Å²) in [7, 11) is 1.55. The highest BCUT2D eigenvalue weighted by Gasteiger charge is 2.36. The van der Waals surface area contributed by atoms with Crippen molar-refractivity contribution in [3.05, 3.63) is 23.8 Å². The van der Waals surface area contributed by atoms with Crippen LogP contribution in [0.4, 0.5) is 13.2 Å². The molecule has 26 heavy (non-hydrogen) atoms. The minimum absolute atomic E-state index is 0. The van der Waals surface area contributed by atoms with E-state index >= 15 is 0 Å². The van der Waals surface area contributed by atoms with Gasteiger partial charge in [-0.2, -0.15) is 0 Å². The molecule has 1 aliphatic heterocycles. The van der Waals surface area contributed by atoms with Gasteiger partial charge in [0, 0.05) is 37.8 Å². The average molecular weight is 417 g/mol. The highest BCUT2D eigenvalue weighted by molar-refractivity contribution is 5.85. The van der Waals surface area contributed by atoms with Gasteiger partial charge in [-0.1, -0.05) is 6.42 Å². The molecule has 2 aliphatic rings. The van der Waals surface area contributed by atoms with E-state index in [9.17, 15) is 13.2 Å². The molecule has 0 spiro atoms. The van der Waals surface area contributed by atoms with Crippen LogP contribution in [-0.4, -0.2) is 44.6 Å². The standard InChI is InChI=1S/C17H23F3N2O2.2ClH/c1-23-15-6-5-13(24-17(18,19)20)11-14(15)16(12-3-2-4-12)22-9-7-21-8-10-22;;/h5-6,11-12,16,21H,2-4,7-10H2,1H3;2*1H/t16-;;/m0../s1. The van der Waals surface area contributed by atoms with Gasteiger partial charge in [0.05, 0.1) is 7.11 Å². The predicted octanol–water partition coefficient (Wildman–Crippen LogP) is 4.18. The van der Waals surface area contributed by atoms with Crippen LogP contribution in [0.1, 0.15) is 30.9 Å². The number of methoxy groups -OCH3 is 1. The van der Waals surface area contributed by atoms with Gasteiger partial charge in [-0.25, -0.2) is 0 Å². The first-order chi connectivity index (χ1) is 11.5. The molecule has 0 bridgehead atoms. The summed E-state index contributed by atoms with van der Waals surface area (Å²) < 4.78 is 47.3. The van der Waals surface area contributed by atoms with Crippen molar-refractivity contribution in [1.82, 2.24) is 10.2 Å². The van der Waals surface area contributed by atoms with Crippen LogP contribution >= 0.6 is 24.8 Å². The largest absolute Gasteiger partial charge is 0.573 e. The van der Waals surface area contributed by atoms with Crippen molar-refractivity contribution in [2.45, 2.75) is 31.7 Å². The molecule has 150 valence electrons. The van der Waals surface area contributed by atoms with Gasteiger partial charge in [-0.15, -0.1) is 38.0 Å². The molecular weight excluding hydrogens is 392 g/mol. The molecule has 0 unspecified atom stereocenters. The topological polar surface area (TPSA) is 33.7 Å². The van der Waals surface area contributed by atoms with Gasteiger partial charge in [0.25, 0.3) is 0 Å². The summed E-state index contributed by atoms with van der Waals surface area (Å²) in [4.78, 5) is 2.36. The fraction of sp³-hybridized carbons (Fsp3) is 0.647. The Morgan fingerprint density at radius 3 is 2.31 bits per heavy atom. The summed E-state index contributed by atoms with van der Waals surface area (Å²) in [5.74, 6) is 0.899. The van der Waals surface area contributed by atoms with Crippen molar-refractivity contribution in [2.24, 2.45) is 5.92 Å². The van der Waals surface area contributed by atoms with Crippen molar-refractivity contribution >= 4 is 24.8 Å². The Morgan fingerprint density at radius 1 is 1.15 bits per heavy atom. The number of benzene rings is 1. The first-order valence-electron chi connectivity index (χ1n) is 8.36. The molecule has 0 amide bonds. The summed E-state index contributed by atoms with van der Waals surface area (Å²) in [6.07, 6.45) is -1.31. The monoisotopic (exact) mass is 416 g/mol. The molecule has 1 atom stereocenters. The SMILES string of the molecule is COc1ccc(OC(F)(F)F)cc1[C@H](C1CCC1)N1CCNCC1.Cl.Cl. The third kappa shape index (κ3) is 5.55. The zero-order valence-electron chi connectivity index (χ0n) is 14.6. The van der Waals surface area contributed by atoms with Crippen LogP contribution in [0.2, 0.25) is 0 Å². The van der Waals surface area contributed by atoms with Crippen LogP contribution in [0.5, 0.6) is 11.5 Å². The fourth-order valence-electron chi connectivity index (χ4n) is 3.61. The van der Waals surface area contributed by atoms with Gasteiger partial charge in [0.1, 0.15) is 11.5 Å². The van der Waals surface area contributed by atoms with Gasteiger partial charge in [-0.3, -0.25) is 4.90 Å². The molecule has 0 aromatic heterocycles. The fourth-order valence-corrected chi connectivity index (χ4v) is 3.61. The van der Waals surface area contributed by atoms with Crippen molar-refractivity contribution in [1.29, 1.82) is 0 Å². The number of piperazine rings is 1. The lowest BCUT2D eigenvalue weighted by Crippen LogP contribution is -2.47. The van der Waals surface area contributed by atoms with Crippen LogP contribution in [0.3, 0.4) is 0 Å². The van der Waals surface area contributed by atoms with Crippen molar-refractivity contribution < 1.29 is 22.6 Å². The Balaban J connectivity index is 0.00000169. The first-order valence-corrected chi connectivity index (χ1v) is 8.36. The Bertz CT molecular complexity index is 565. The van der Waals surface area contributed by atoms with E-state index in [1.54, 1.807) is 13.2 Å². The van der Waals surface area contributed by atoms with Crippen LogP contribution in [0.15, 0.2) is 18.2 Å². The van der Waals surface area contributed by atoms with Gasteiger partial charge in [0.15, 0.2) is 0 Å². The number of alkyl halides is 3.